The molecular weight excluding hydrogens is 294 g/mol. The Labute approximate surface area is 125 Å². The molecule has 20 heavy (non-hydrogen) atoms. The molecule has 0 atom stereocenters. The number of thiophene rings is 1. The lowest BCUT2D eigenvalue weighted by Crippen LogP contribution is -2.29. The fourth-order valence-corrected chi connectivity index (χ4v) is 3.51. The SMILES string of the molecule is COc1ccc(N)c(SCc2ccc(C(=O)NN)s2)c1. The average molecular weight is 309 g/mol. The number of amides is 1. The molecule has 1 aromatic carbocycles. The van der Waals surface area contributed by atoms with E-state index in [-0.39, 0.29) is 5.91 Å². The Bertz CT molecular complexity index is 613. The van der Waals surface area contributed by atoms with E-state index in [1.165, 1.54) is 11.3 Å². The molecule has 7 heteroatoms. The van der Waals surface area contributed by atoms with Crippen LogP contribution in [-0.4, -0.2) is 13.0 Å². The summed E-state index contributed by atoms with van der Waals surface area (Å²) in [6.45, 7) is 0. The number of hydrogen-bond acceptors (Lipinski definition) is 6. The molecule has 0 aliphatic heterocycles. The number of hydrogen-bond donors (Lipinski definition) is 3. The number of rotatable bonds is 5. The summed E-state index contributed by atoms with van der Waals surface area (Å²) in [5, 5.41) is 0. The van der Waals surface area contributed by atoms with Gasteiger partial charge in [0.15, 0.2) is 0 Å². The number of hydrazine groups is 1. The van der Waals surface area contributed by atoms with Gasteiger partial charge < -0.3 is 10.5 Å². The number of nitrogen functional groups attached to an aromatic ring is 2. The van der Waals surface area contributed by atoms with Gasteiger partial charge in [0.1, 0.15) is 5.75 Å². The Hall–Kier alpha value is -1.70. The van der Waals surface area contributed by atoms with Crippen LogP contribution in [0.15, 0.2) is 35.2 Å². The topological polar surface area (TPSA) is 90.4 Å². The highest BCUT2D eigenvalue weighted by atomic mass is 32.2. The summed E-state index contributed by atoms with van der Waals surface area (Å²) in [4.78, 5) is 14.0. The predicted octanol–water partition coefficient (Wildman–Crippen LogP) is 2.23. The number of carbonyl (C=O) groups is 1. The van der Waals surface area contributed by atoms with E-state index in [4.69, 9.17) is 16.3 Å². The zero-order valence-electron chi connectivity index (χ0n) is 10.9. The highest BCUT2D eigenvalue weighted by molar-refractivity contribution is 7.98. The lowest BCUT2D eigenvalue weighted by atomic mass is 10.3. The summed E-state index contributed by atoms with van der Waals surface area (Å²) in [5.74, 6) is 6.34. The van der Waals surface area contributed by atoms with E-state index in [2.05, 4.69) is 5.43 Å². The Morgan fingerprint density at radius 3 is 2.90 bits per heavy atom. The minimum absolute atomic E-state index is 0.271. The number of benzene rings is 1. The molecule has 0 bridgehead atoms. The van der Waals surface area contributed by atoms with E-state index >= 15 is 0 Å². The van der Waals surface area contributed by atoms with Crippen molar-refractivity contribution in [2.75, 3.05) is 12.8 Å². The van der Waals surface area contributed by atoms with E-state index in [0.717, 1.165) is 21.3 Å². The Morgan fingerprint density at radius 1 is 1.40 bits per heavy atom. The van der Waals surface area contributed by atoms with Gasteiger partial charge in [0.05, 0.1) is 12.0 Å². The standard InChI is InChI=1S/C13H15N3O2S2/c1-18-8-2-4-10(14)12(6-8)19-7-9-3-5-11(20-9)13(17)16-15/h2-6H,7,14-15H2,1H3,(H,16,17). The van der Waals surface area contributed by atoms with Crippen LogP contribution in [0.25, 0.3) is 0 Å². The number of anilines is 1. The van der Waals surface area contributed by atoms with Crippen LogP contribution in [0, 0.1) is 0 Å². The normalized spacial score (nSPS) is 10.3. The van der Waals surface area contributed by atoms with Crippen LogP contribution in [0.3, 0.4) is 0 Å². The number of nitrogens with one attached hydrogen (secondary N) is 1. The van der Waals surface area contributed by atoms with Crippen molar-refractivity contribution < 1.29 is 9.53 Å². The van der Waals surface area contributed by atoms with Crippen LogP contribution in [0.1, 0.15) is 14.5 Å². The zero-order chi connectivity index (χ0) is 14.5. The minimum atomic E-state index is -0.271. The third-order valence-electron chi connectivity index (χ3n) is 2.61. The number of ether oxygens (including phenoxy) is 1. The van der Waals surface area contributed by atoms with E-state index in [0.29, 0.717) is 10.6 Å². The Balaban J connectivity index is 2.05. The van der Waals surface area contributed by atoms with Crippen molar-refractivity contribution in [2.24, 2.45) is 5.84 Å². The van der Waals surface area contributed by atoms with Gasteiger partial charge in [0, 0.05) is 21.2 Å². The minimum Gasteiger partial charge on any atom is -0.497 e. The van der Waals surface area contributed by atoms with E-state index in [9.17, 15) is 4.79 Å². The maximum absolute atomic E-state index is 11.4. The highest BCUT2D eigenvalue weighted by Gasteiger charge is 2.09. The van der Waals surface area contributed by atoms with Gasteiger partial charge >= 0.3 is 0 Å². The molecule has 0 spiro atoms. The van der Waals surface area contributed by atoms with Crippen LogP contribution in [0.4, 0.5) is 5.69 Å². The van der Waals surface area contributed by atoms with Gasteiger partial charge in [-0.05, 0) is 30.3 Å². The third-order valence-corrected chi connectivity index (χ3v) is 4.99. The summed E-state index contributed by atoms with van der Waals surface area (Å²) in [6.07, 6.45) is 0. The van der Waals surface area contributed by atoms with Gasteiger partial charge in [0.25, 0.3) is 5.91 Å². The highest BCUT2D eigenvalue weighted by Crippen LogP contribution is 2.33. The maximum atomic E-state index is 11.4. The zero-order valence-corrected chi connectivity index (χ0v) is 12.5. The van der Waals surface area contributed by atoms with Crippen LogP contribution in [0.5, 0.6) is 5.75 Å². The van der Waals surface area contributed by atoms with Crippen LogP contribution >= 0.6 is 23.1 Å². The first kappa shape index (κ1) is 14.7. The monoisotopic (exact) mass is 309 g/mol. The van der Waals surface area contributed by atoms with Crippen molar-refractivity contribution in [3.8, 4) is 5.75 Å². The van der Waals surface area contributed by atoms with Crippen LogP contribution in [-0.2, 0) is 5.75 Å². The van der Waals surface area contributed by atoms with Crippen molar-refractivity contribution in [3.05, 3.63) is 40.1 Å². The second kappa shape index (κ2) is 6.65. The van der Waals surface area contributed by atoms with Gasteiger partial charge in [-0.3, -0.25) is 10.2 Å². The Kier molecular flexibility index (Phi) is 4.89. The van der Waals surface area contributed by atoms with Gasteiger partial charge in [-0.25, -0.2) is 5.84 Å². The van der Waals surface area contributed by atoms with Gasteiger partial charge in [-0.2, -0.15) is 0 Å². The molecule has 1 aromatic heterocycles. The van der Waals surface area contributed by atoms with Gasteiger partial charge in [0.2, 0.25) is 0 Å². The molecule has 106 valence electrons. The maximum Gasteiger partial charge on any atom is 0.275 e. The van der Waals surface area contributed by atoms with Crippen molar-refractivity contribution in [2.45, 2.75) is 10.6 Å². The summed E-state index contributed by atoms with van der Waals surface area (Å²) in [5.41, 5.74) is 8.77. The molecule has 0 radical (unpaired) electrons. The van der Waals surface area contributed by atoms with Gasteiger partial charge in [-0.1, -0.05) is 0 Å². The average Bonchev–Trinajstić information content (AvgIpc) is 2.94. The molecule has 5 nitrogen and oxygen atoms in total. The van der Waals surface area contributed by atoms with Crippen molar-refractivity contribution in [1.82, 2.24) is 5.43 Å². The molecule has 0 fully saturated rings. The molecule has 0 aliphatic rings. The molecule has 5 N–H and O–H groups in total. The largest absolute Gasteiger partial charge is 0.497 e. The smallest absolute Gasteiger partial charge is 0.275 e. The number of thioether (sulfide) groups is 1. The molecular formula is C13H15N3O2S2. The quantitative estimate of drug-likeness (QED) is 0.259. The number of methoxy groups -OCH3 is 1. The van der Waals surface area contributed by atoms with Crippen LogP contribution < -0.4 is 21.7 Å². The number of nitrogens with two attached hydrogens (primary N) is 2. The molecule has 0 unspecified atom stereocenters. The van der Waals surface area contributed by atoms with Crippen molar-refractivity contribution >= 4 is 34.7 Å². The van der Waals surface area contributed by atoms with E-state index < -0.39 is 0 Å². The molecule has 1 amide bonds. The number of carbonyl (C=O) groups excluding carboxylic acids is 1. The Morgan fingerprint density at radius 2 is 2.20 bits per heavy atom. The fourth-order valence-electron chi connectivity index (χ4n) is 1.56. The van der Waals surface area contributed by atoms with E-state index in [1.54, 1.807) is 24.9 Å². The second-order valence-corrected chi connectivity index (χ2v) is 6.12. The molecule has 2 aromatic rings. The third kappa shape index (κ3) is 3.44. The fraction of sp³-hybridized carbons (Fsp3) is 0.154. The van der Waals surface area contributed by atoms with E-state index in [1.807, 2.05) is 24.3 Å². The predicted molar refractivity (Wildman–Crippen MR) is 82.9 cm³/mol. The molecule has 1 heterocycles. The van der Waals surface area contributed by atoms with Crippen LogP contribution in [0.2, 0.25) is 0 Å². The summed E-state index contributed by atoms with van der Waals surface area (Å²) in [7, 11) is 1.62. The lowest BCUT2D eigenvalue weighted by molar-refractivity contribution is 0.0957. The molecule has 0 saturated heterocycles. The summed E-state index contributed by atoms with van der Waals surface area (Å²) in [6, 6.07) is 9.23. The summed E-state index contributed by atoms with van der Waals surface area (Å²) < 4.78 is 5.18. The first-order valence-corrected chi connectivity index (χ1v) is 7.60. The first-order valence-electron chi connectivity index (χ1n) is 5.80. The lowest BCUT2D eigenvalue weighted by Gasteiger charge is -2.07. The van der Waals surface area contributed by atoms with Gasteiger partial charge in [-0.15, -0.1) is 23.1 Å². The first-order chi connectivity index (χ1) is 9.63. The van der Waals surface area contributed by atoms with Crippen molar-refractivity contribution in [1.29, 1.82) is 0 Å². The molecule has 0 aliphatic carbocycles. The van der Waals surface area contributed by atoms with Crippen molar-refractivity contribution in [3.63, 3.8) is 0 Å². The summed E-state index contributed by atoms with van der Waals surface area (Å²) >= 11 is 3.02. The second-order valence-electron chi connectivity index (χ2n) is 3.93. The molecule has 0 saturated carbocycles. The molecule has 2 rings (SSSR count).